The normalized spacial score (nSPS) is 13.1. The Balaban J connectivity index is 1.78. The van der Waals surface area contributed by atoms with Crippen LogP contribution in [0.5, 0.6) is 0 Å². The molecule has 0 radical (unpaired) electrons. The Bertz CT molecular complexity index is 1310. The van der Waals surface area contributed by atoms with Gasteiger partial charge in [-0.2, -0.15) is 0 Å². The van der Waals surface area contributed by atoms with Crippen molar-refractivity contribution in [3.05, 3.63) is 75.2 Å². The van der Waals surface area contributed by atoms with Crippen LogP contribution in [0.2, 0.25) is 0 Å². The summed E-state index contributed by atoms with van der Waals surface area (Å²) in [5, 5.41) is 13.8. The minimum Gasteiger partial charge on any atom is -0.468 e. The Labute approximate surface area is 200 Å². The van der Waals surface area contributed by atoms with Crippen LogP contribution >= 0.6 is 0 Å². The Kier molecular flexibility index (Phi) is 6.70. The van der Waals surface area contributed by atoms with E-state index in [1.165, 1.54) is 5.56 Å². The third-order valence-corrected chi connectivity index (χ3v) is 6.28. The number of aromatic amines is 1. The number of H-pyrrole nitrogens is 1. The van der Waals surface area contributed by atoms with Crippen molar-refractivity contribution in [3.63, 3.8) is 0 Å². The number of hydrogen-bond acceptors (Lipinski definition) is 6. The van der Waals surface area contributed by atoms with Gasteiger partial charge < -0.3 is 9.40 Å². The second-order valence-corrected chi connectivity index (χ2v) is 10.1. The molecule has 4 rings (SSSR count). The molecule has 4 aromatic rings. The molecule has 1 aromatic carbocycles. The summed E-state index contributed by atoms with van der Waals surface area (Å²) in [6.45, 7) is 13.5. The number of nitrogens with zero attached hydrogens (tertiary/aromatic N) is 5. The number of pyridine rings is 1. The molecule has 0 aliphatic carbocycles. The number of hydrogen-bond donors (Lipinski definition) is 1. The quantitative estimate of drug-likeness (QED) is 0.395. The molecule has 1 unspecified atom stereocenters. The summed E-state index contributed by atoms with van der Waals surface area (Å²) in [5.74, 6) is 1.63. The summed E-state index contributed by atoms with van der Waals surface area (Å²) in [6.07, 6.45) is 3.47. The van der Waals surface area contributed by atoms with Crippen LogP contribution in [0.1, 0.15) is 74.9 Å². The molecule has 8 heteroatoms. The zero-order valence-electron chi connectivity index (χ0n) is 20.9. The minimum atomic E-state index is -0.267. The summed E-state index contributed by atoms with van der Waals surface area (Å²) in [6, 6.07) is 9.93. The number of tetrazole rings is 1. The van der Waals surface area contributed by atoms with Crippen LogP contribution in [-0.4, -0.2) is 30.1 Å². The van der Waals surface area contributed by atoms with Gasteiger partial charge in [0.1, 0.15) is 5.76 Å². The molecule has 0 saturated carbocycles. The first-order chi connectivity index (χ1) is 16.2. The molecule has 0 saturated heterocycles. The number of rotatable bonds is 8. The second kappa shape index (κ2) is 9.54. The van der Waals surface area contributed by atoms with Crippen molar-refractivity contribution >= 4 is 10.9 Å². The zero-order valence-corrected chi connectivity index (χ0v) is 20.9. The number of nitrogens with one attached hydrogen (secondary N) is 1. The maximum Gasteiger partial charge on any atom is 0.252 e. The molecule has 0 aliphatic rings. The molecule has 180 valence electrons. The summed E-state index contributed by atoms with van der Waals surface area (Å²) in [5.41, 5.74) is 3.58. The molecule has 0 aliphatic heterocycles. The van der Waals surface area contributed by atoms with Gasteiger partial charge in [0.25, 0.3) is 5.56 Å². The molecule has 0 fully saturated rings. The predicted octanol–water partition coefficient (Wildman–Crippen LogP) is 5.02. The molecule has 1 N–H and O–H groups in total. The molecular weight excluding hydrogens is 428 g/mol. The molecular formula is C26H34N6O2. The Morgan fingerprint density at radius 2 is 1.91 bits per heavy atom. The smallest absolute Gasteiger partial charge is 0.252 e. The lowest BCUT2D eigenvalue weighted by molar-refractivity contribution is 0.138. The second-order valence-electron chi connectivity index (χ2n) is 10.1. The van der Waals surface area contributed by atoms with Crippen molar-refractivity contribution in [2.75, 3.05) is 0 Å². The fourth-order valence-electron chi connectivity index (χ4n) is 4.37. The lowest BCUT2D eigenvalue weighted by Crippen LogP contribution is -2.35. The first-order valence-corrected chi connectivity index (χ1v) is 11.9. The zero-order chi connectivity index (χ0) is 24.5. The third kappa shape index (κ3) is 4.97. The average molecular weight is 463 g/mol. The highest BCUT2D eigenvalue weighted by molar-refractivity contribution is 5.80. The van der Waals surface area contributed by atoms with Gasteiger partial charge in [0.15, 0.2) is 5.82 Å². The van der Waals surface area contributed by atoms with Crippen LogP contribution in [0.4, 0.5) is 0 Å². The Morgan fingerprint density at radius 1 is 1.15 bits per heavy atom. The van der Waals surface area contributed by atoms with E-state index in [0.717, 1.165) is 40.9 Å². The lowest BCUT2D eigenvalue weighted by atomic mass is 10.0. The monoisotopic (exact) mass is 462 g/mol. The highest BCUT2D eigenvalue weighted by Gasteiger charge is 2.30. The molecule has 0 bridgehead atoms. The van der Waals surface area contributed by atoms with E-state index in [0.29, 0.717) is 18.7 Å². The van der Waals surface area contributed by atoms with Crippen LogP contribution in [-0.2, 0) is 18.6 Å². The standard InChI is InChI=1S/C26H34N6O2/c1-7-9-23(24-28-29-30-32(24)26(4,5)6)31(16-21-10-8-11-34-21)15-20-14-19-12-17(2)18(3)13-22(19)27-25(20)33/h8,10-14,23H,7,9,15-16H2,1-6H3,(H,27,33). The van der Waals surface area contributed by atoms with Crippen LogP contribution in [0.15, 0.2) is 45.8 Å². The van der Waals surface area contributed by atoms with E-state index in [2.05, 4.69) is 73.0 Å². The fraction of sp³-hybridized carbons (Fsp3) is 0.462. The van der Waals surface area contributed by atoms with Crippen molar-refractivity contribution in [2.45, 2.75) is 79.1 Å². The van der Waals surface area contributed by atoms with Gasteiger partial charge in [-0.25, -0.2) is 4.68 Å². The van der Waals surface area contributed by atoms with Crippen LogP contribution in [0.3, 0.4) is 0 Å². The van der Waals surface area contributed by atoms with Gasteiger partial charge in [-0.15, -0.1) is 5.10 Å². The van der Waals surface area contributed by atoms with Crippen molar-refractivity contribution in [2.24, 2.45) is 0 Å². The SMILES string of the molecule is CCCC(c1nnnn1C(C)(C)C)N(Cc1ccco1)Cc1cc2cc(C)c(C)cc2[nH]c1=O. The minimum absolute atomic E-state index is 0.0779. The maximum atomic E-state index is 13.1. The van der Waals surface area contributed by atoms with Crippen molar-refractivity contribution in [1.29, 1.82) is 0 Å². The van der Waals surface area contributed by atoms with E-state index < -0.39 is 0 Å². The topological polar surface area (TPSA) is 92.8 Å². The van der Waals surface area contributed by atoms with Crippen molar-refractivity contribution < 1.29 is 4.42 Å². The summed E-state index contributed by atoms with van der Waals surface area (Å²) >= 11 is 0. The van der Waals surface area contributed by atoms with E-state index in [-0.39, 0.29) is 17.1 Å². The van der Waals surface area contributed by atoms with Gasteiger partial charge in [-0.05, 0) is 98.3 Å². The number of benzene rings is 1. The molecule has 3 heterocycles. The lowest BCUT2D eigenvalue weighted by Gasteiger charge is -2.32. The van der Waals surface area contributed by atoms with Crippen LogP contribution in [0.25, 0.3) is 10.9 Å². The first kappa shape index (κ1) is 23.9. The van der Waals surface area contributed by atoms with Crippen molar-refractivity contribution in [1.82, 2.24) is 30.1 Å². The van der Waals surface area contributed by atoms with E-state index in [9.17, 15) is 4.79 Å². The van der Waals surface area contributed by atoms with Gasteiger partial charge >= 0.3 is 0 Å². The fourth-order valence-corrected chi connectivity index (χ4v) is 4.37. The van der Waals surface area contributed by atoms with Crippen LogP contribution in [0, 0.1) is 13.8 Å². The van der Waals surface area contributed by atoms with Gasteiger partial charge in [0.05, 0.1) is 24.4 Å². The maximum absolute atomic E-state index is 13.1. The Morgan fingerprint density at radius 3 is 2.59 bits per heavy atom. The predicted molar refractivity (Wildman–Crippen MR) is 132 cm³/mol. The molecule has 0 spiro atoms. The number of furan rings is 1. The summed E-state index contributed by atoms with van der Waals surface area (Å²) < 4.78 is 7.58. The van der Waals surface area contributed by atoms with Gasteiger partial charge in [-0.1, -0.05) is 13.3 Å². The molecule has 1 atom stereocenters. The molecule has 0 amide bonds. The van der Waals surface area contributed by atoms with Gasteiger partial charge in [-0.3, -0.25) is 9.69 Å². The largest absolute Gasteiger partial charge is 0.468 e. The molecule has 3 aromatic heterocycles. The highest BCUT2D eigenvalue weighted by atomic mass is 16.3. The van der Waals surface area contributed by atoms with Gasteiger partial charge in [0, 0.05) is 17.6 Å². The van der Waals surface area contributed by atoms with E-state index in [1.807, 2.05) is 28.9 Å². The average Bonchev–Trinajstić information content (AvgIpc) is 3.45. The van der Waals surface area contributed by atoms with Crippen LogP contribution < -0.4 is 5.56 Å². The van der Waals surface area contributed by atoms with Gasteiger partial charge in [0.2, 0.25) is 0 Å². The molecule has 8 nitrogen and oxygen atoms in total. The van der Waals surface area contributed by atoms with Crippen molar-refractivity contribution in [3.8, 4) is 0 Å². The number of fused-ring (bicyclic) bond motifs is 1. The van der Waals surface area contributed by atoms with E-state index in [1.54, 1.807) is 6.26 Å². The Hall–Kier alpha value is -3.26. The third-order valence-electron chi connectivity index (χ3n) is 6.28. The van der Waals surface area contributed by atoms with E-state index >= 15 is 0 Å². The summed E-state index contributed by atoms with van der Waals surface area (Å²) in [4.78, 5) is 18.4. The number of aryl methyl sites for hydroxylation is 2. The first-order valence-electron chi connectivity index (χ1n) is 11.9. The number of aromatic nitrogens is 5. The van der Waals surface area contributed by atoms with E-state index in [4.69, 9.17) is 4.42 Å². The summed E-state index contributed by atoms with van der Waals surface area (Å²) in [7, 11) is 0. The highest BCUT2D eigenvalue weighted by Crippen LogP contribution is 2.30. The molecule has 34 heavy (non-hydrogen) atoms.